The van der Waals surface area contributed by atoms with E-state index in [0.29, 0.717) is 11.4 Å². The zero-order chi connectivity index (χ0) is 28.6. The van der Waals surface area contributed by atoms with Crippen molar-refractivity contribution in [1.29, 1.82) is 0 Å². The van der Waals surface area contributed by atoms with E-state index in [2.05, 4.69) is 20.1 Å². The van der Waals surface area contributed by atoms with Crippen molar-refractivity contribution in [2.24, 2.45) is 10.7 Å². The van der Waals surface area contributed by atoms with Gasteiger partial charge in [-0.25, -0.2) is 9.36 Å². The monoisotopic (exact) mass is 577 g/mol. The molecule has 5 atom stereocenters. The molecule has 0 unspecified atom stereocenters. The number of carbonyl (C=O) groups excluding carboxylic acids is 2. The molecule has 3 rings (SSSR count). The number of phosphoric ester groups is 1. The highest BCUT2D eigenvalue weighted by atomic mass is 32.2. The standard InChI is InChI=1S/C20H28N5O11PS/c1-8-3-11-12(4-9(8)2)25(5-13(26)15(28)14(27)6-36-37(33,34)35)17-20(24-11,18(31)23-19(32)22-17)38-7-10(21)16(29)30/h3-4,10,13-15,24,26-28H,5-7,21H2,1-2H3,(H,29,30)(H,23,31,32)(H2,33,34,35)/t10-,13-,14+,15-,20-/m0/s1. The number of nitrogens with zero attached hydrogens (tertiary/aromatic N) is 2. The maximum atomic E-state index is 13.2. The molecule has 3 amide bonds. The highest BCUT2D eigenvalue weighted by Gasteiger charge is 2.54. The lowest BCUT2D eigenvalue weighted by molar-refractivity contribution is -0.138. The maximum Gasteiger partial charge on any atom is 0.469 e. The lowest BCUT2D eigenvalue weighted by Crippen LogP contribution is -2.68. The highest BCUT2D eigenvalue weighted by Crippen LogP contribution is 2.44. The number of aliphatic hydroxyl groups excluding tert-OH is 3. The molecule has 1 aromatic carbocycles. The molecule has 38 heavy (non-hydrogen) atoms. The van der Waals surface area contributed by atoms with Crippen LogP contribution in [0.1, 0.15) is 11.1 Å². The summed E-state index contributed by atoms with van der Waals surface area (Å²) < 4.78 is 15.1. The Balaban J connectivity index is 2.04. The van der Waals surface area contributed by atoms with E-state index in [1.165, 1.54) is 4.90 Å². The summed E-state index contributed by atoms with van der Waals surface area (Å²) in [6.07, 6.45) is -5.72. The fourth-order valence-corrected chi connectivity index (χ4v) is 5.31. The molecule has 0 aliphatic carbocycles. The average molecular weight is 578 g/mol. The number of carbonyl (C=O) groups is 3. The number of nitrogens with two attached hydrogens (primary N) is 1. The second-order valence-corrected chi connectivity index (χ2v) is 11.2. The van der Waals surface area contributed by atoms with Gasteiger partial charge in [0.05, 0.1) is 24.5 Å². The number of aliphatic carboxylic acids is 1. The normalized spacial score (nSPS) is 22.3. The Bertz CT molecular complexity index is 1210. The zero-order valence-electron chi connectivity index (χ0n) is 20.1. The summed E-state index contributed by atoms with van der Waals surface area (Å²) in [4.78, 5) is 57.7. The molecular formula is C20H28N5O11PS. The van der Waals surface area contributed by atoms with Crippen LogP contribution >= 0.6 is 19.6 Å². The maximum absolute atomic E-state index is 13.2. The van der Waals surface area contributed by atoms with Gasteiger partial charge >= 0.3 is 19.8 Å². The van der Waals surface area contributed by atoms with Crippen molar-refractivity contribution >= 4 is 54.7 Å². The van der Waals surface area contributed by atoms with Crippen molar-refractivity contribution < 1.29 is 53.7 Å². The molecule has 18 heteroatoms. The van der Waals surface area contributed by atoms with E-state index < -0.39 is 68.1 Å². The summed E-state index contributed by atoms with van der Waals surface area (Å²) in [6, 6.07) is 0.937. The van der Waals surface area contributed by atoms with Gasteiger partial charge in [0, 0.05) is 5.75 Å². The number of aliphatic hydroxyl groups is 3. The third-order valence-electron chi connectivity index (χ3n) is 5.90. The number of benzene rings is 1. The molecule has 0 spiro atoms. The van der Waals surface area contributed by atoms with Gasteiger partial charge in [-0.05, 0) is 37.1 Å². The molecule has 2 aliphatic heterocycles. The van der Waals surface area contributed by atoms with Crippen LogP contribution in [-0.4, -0.2) is 102 Å². The number of thioether (sulfide) groups is 1. The number of aryl methyl sites for hydroxylation is 2. The number of β-amino-alcohol motifs (C(OH)–C–C–N with tert-alkyl or cyclic N) is 1. The number of phosphoric acid groups is 1. The minimum Gasteiger partial charge on any atom is -0.480 e. The molecule has 0 aromatic heterocycles. The molecule has 10 N–H and O–H groups in total. The SMILES string of the molecule is Cc1cc2c(cc1C)N(C[C@H](O)[C@H](O)[C@H](O)COP(=O)(O)O)C1=NC(=O)NC(=O)[C@]1(SC[C@H](N)C(=O)O)N2. The lowest BCUT2D eigenvalue weighted by atomic mass is 9.99. The Hall–Kier alpha value is -2.60. The third-order valence-corrected chi connectivity index (χ3v) is 7.81. The first-order chi connectivity index (χ1) is 17.6. The molecule has 0 fully saturated rings. The molecule has 16 nitrogen and oxygen atoms in total. The summed E-state index contributed by atoms with van der Waals surface area (Å²) in [5.74, 6) is -2.74. The van der Waals surface area contributed by atoms with Crippen LogP contribution in [0.3, 0.4) is 0 Å². The first-order valence-electron chi connectivity index (χ1n) is 11.0. The summed E-state index contributed by atoms with van der Waals surface area (Å²) in [5, 5.41) is 45.6. The second kappa shape index (κ2) is 11.3. The van der Waals surface area contributed by atoms with E-state index in [0.717, 1.165) is 22.9 Å². The lowest BCUT2D eigenvalue weighted by Gasteiger charge is -2.47. The van der Waals surface area contributed by atoms with E-state index in [-0.39, 0.29) is 11.6 Å². The van der Waals surface area contributed by atoms with Crippen LogP contribution in [0.15, 0.2) is 17.1 Å². The molecule has 2 heterocycles. The number of fused-ring (bicyclic) bond motifs is 2. The van der Waals surface area contributed by atoms with Crippen LogP contribution < -0.4 is 21.3 Å². The van der Waals surface area contributed by atoms with Gasteiger partial charge in [0.2, 0.25) is 4.87 Å². The van der Waals surface area contributed by atoms with Crippen LogP contribution in [0.4, 0.5) is 16.2 Å². The van der Waals surface area contributed by atoms with E-state index in [1.54, 1.807) is 26.0 Å². The van der Waals surface area contributed by atoms with Gasteiger partial charge in [0.15, 0.2) is 5.84 Å². The van der Waals surface area contributed by atoms with Crippen molar-refractivity contribution in [3.8, 4) is 0 Å². The Morgan fingerprint density at radius 1 is 1.21 bits per heavy atom. The fourth-order valence-electron chi connectivity index (χ4n) is 3.74. The van der Waals surface area contributed by atoms with Gasteiger partial charge in [-0.15, -0.1) is 11.8 Å². The van der Waals surface area contributed by atoms with Gasteiger partial charge in [0.25, 0.3) is 5.91 Å². The Morgan fingerprint density at radius 3 is 2.45 bits per heavy atom. The molecule has 0 saturated carbocycles. The molecule has 1 aromatic rings. The van der Waals surface area contributed by atoms with Crippen LogP contribution in [0.25, 0.3) is 0 Å². The number of hydrogen-bond acceptors (Lipinski definition) is 12. The smallest absolute Gasteiger partial charge is 0.469 e. The van der Waals surface area contributed by atoms with Crippen molar-refractivity contribution in [3.63, 3.8) is 0 Å². The largest absolute Gasteiger partial charge is 0.480 e. The molecule has 210 valence electrons. The highest BCUT2D eigenvalue weighted by molar-refractivity contribution is 8.02. The summed E-state index contributed by atoms with van der Waals surface area (Å²) in [5.41, 5.74) is 7.90. The van der Waals surface area contributed by atoms with Gasteiger partial charge < -0.3 is 46.2 Å². The van der Waals surface area contributed by atoms with E-state index in [9.17, 15) is 39.4 Å². The Labute approximate surface area is 220 Å². The number of rotatable bonds is 11. The topological polar surface area (TPSA) is 265 Å². The van der Waals surface area contributed by atoms with Crippen LogP contribution in [0, 0.1) is 13.8 Å². The summed E-state index contributed by atoms with van der Waals surface area (Å²) in [6.45, 7) is 2.02. The molecule has 2 aliphatic rings. The minimum atomic E-state index is -4.97. The third kappa shape index (κ3) is 6.33. The number of urea groups is 1. The molecule has 0 bridgehead atoms. The Morgan fingerprint density at radius 2 is 1.84 bits per heavy atom. The van der Waals surface area contributed by atoms with Crippen LogP contribution in [-0.2, 0) is 18.7 Å². The van der Waals surface area contributed by atoms with Crippen molar-refractivity contribution in [2.75, 3.05) is 29.1 Å². The predicted octanol–water partition coefficient (Wildman–Crippen LogP) is -1.78. The van der Waals surface area contributed by atoms with Crippen LogP contribution in [0.2, 0.25) is 0 Å². The predicted molar refractivity (Wildman–Crippen MR) is 135 cm³/mol. The first-order valence-corrected chi connectivity index (χ1v) is 13.6. The van der Waals surface area contributed by atoms with Crippen molar-refractivity contribution in [3.05, 3.63) is 23.3 Å². The summed E-state index contributed by atoms with van der Waals surface area (Å²) >= 11 is 0.752. The van der Waals surface area contributed by atoms with Crippen LogP contribution in [0.5, 0.6) is 0 Å². The van der Waals surface area contributed by atoms with E-state index in [1.807, 2.05) is 0 Å². The number of amides is 3. The number of hydrogen-bond donors (Lipinski definition) is 9. The summed E-state index contributed by atoms with van der Waals surface area (Å²) in [7, 11) is -4.97. The number of anilines is 2. The van der Waals surface area contributed by atoms with E-state index in [4.69, 9.17) is 15.5 Å². The van der Waals surface area contributed by atoms with Gasteiger partial charge in [-0.2, -0.15) is 4.99 Å². The number of imide groups is 1. The number of carboxylic acids is 1. The number of amidine groups is 1. The van der Waals surface area contributed by atoms with Gasteiger partial charge in [-0.1, -0.05) is 0 Å². The fraction of sp³-hybridized carbons (Fsp3) is 0.500. The van der Waals surface area contributed by atoms with Crippen molar-refractivity contribution in [2.45, 2.75) is 43.1 Å². The quantitative estimate of drug-likeness (QED) is 0.132. The molecule has 0 saturated heterocycles. The van der Waals surface area contributed by atoms with Gasteiger partial charge in [-0.3, -0.25) is 19.4 Å². The second-order valence-electron chi connectivity index (χ2n) is 8.73. The Kier molecular flexibility index (Phi) is 8.87. The minimum absolute atomic E-state index is 0.239. The first kappa shape index (κ1) is 29.9. The van der Waals surface area contributed by atoms with E-state index >= 15 is 0 Å². The zero-order valence-corrected chi connectivity index (χ0v) is 21.8. The number of aliphatic imine (C=N–C) groups is 1. The van der Waals surface area contributed by atoms with Gasteiger partial charge in [0.1, 0.15) is 24.4 Å². The average Bonchev–Trinajstić information content (AvgIpc) is 2.82. The number of carboxylic acid groups (broad SMARTS) is 1. The number of nitrogens with one attached hydrogen (secondary N) is 2. The molecule has 0 radical (unpaired) electrons. The van der Waals surface area contributed by atoms with Crippen molar-refractivity contribution in [1.82, 2.24) is 5.32 Å². The molecular weight excluding hydrogens is 549 g/mol.